The molecule has 1 aliphatic heterocycles. The maximum atomic E-state index is 13.2. The van der Waals surface area contributed by atoms with E-state index in [0.29, 0.717) is 12.2 Å². The van der Waals surface area contributed by atoms with Gasteiger partial charge in [0.2, 0.25) is 0 Å². The average molecular weight is 273 g/mol. The second-order valence-corrected chi connectivity index (χ2v) is 4.90. The van der Waals surface area contributed by atoms with E-state index in [-0.39, 0.29) is 18.0 Å². The van der Waals surface area contributed by atoms with Gasteiger partial charge in [-0.1, -0.05) is 12.1 Å². The minimum atomic E-state index is -0.286. The van der Waals surface area contributed by atoms with Crippen LogP contribution in [0.4, 0.5) is 4.39 Å². The first kappa shape index (κ1) is 12.9. The molecule has 2 atom stereocenters. The molecule has 2 N–H and O–H groups in total. The summed E-state index contributed by atoms with van der Waals surface area (Å²) in [5.74, 6) is 1.17. The molecular weight excluding hydrogens is 257 g/mol. The van der Waals surface area contributed by atoms with Gasteiger partial charge in [0.25, 0.3) is 0 Å². The molecule has 1 unspecified atom stereocenters. The van der Waals surface area contributed by atoms with Gasteiger partial charge in [0, 0.05) is 18.0 Å². The predicted octanol–water partition coefficient (Wildman–Crippen LogP) is 3.36. The van der Waals surface area contributed by atoms with Gasteiger partial charge in [0.1, 0.15) is 23.4 Å². The van der Waals surface area contributed by atoms with Gasteiger partial charge in [-0.3, -0.25) is 0 Å². The molecule has 0 aliphatic carbocycles. The molecule has 20 heavy (non-hydrogen) atoms. The van der Waals surface area contributed by atoms with Crippen molar-refractivity contribution in [2.75, 3.05) is 7.11 Å². The van der Waals surface area contributed by atoms with E-state index < -0.39 is 0 Å². The molecule has 2 aromatic rings. The average Bonchev–Trinajstić information content (AvgIpc) is 2.48. The first-order chi connectivity index (χ1) is 9.67. The van der Waals surface area contributed by atoms with Gasteiger partial charge in [-0.25, -0.2) is 4.39 Å². The second kappa shape index (κ2) is 5.13. The molecule has 1 heterocycles. The molecule has 104 valence electrons. The number of ether oxygens (including phenoxy) is 2. The standard InChI is InChI=1S/C16H16FNO2/c1-19-12-5-2-10(3-6-12)16-9-14(18)13-8-11(17)4-7-15(13)20-16/h2-8,14,16H,9,18H2,1H3/t14-,16?/m0/s1. The normalized spacial score (nSPS) is 20.9. The molecule has 0 bridgehead atoms. The van der Waals surface area contributed by atoms with Crippen LogP contribution in [0.1, 0.15) is 29.7 Å². The lowest BCUT2D eigenvalue weighted by Gasteiger charge is -2.30. The maximum Gasteiger partial charge on any atom is 0.126 e. The minimum absolute atomic E-state index is 0.117. The minimum Gasteiger partial charge on any atom is -0.497 e. The van der Waals surface area contributed by atoms with Crippen LogP contribution in [0.5, 0.6) is 11.5 Å². The smallest absolute Gasteiger partial charge is 0.126 e. The molecule has 0 amide bonds. The summed E-state index contributed by atoms with van der Waals surface area (Å²) < 4.78 is 24.3. The van der Waals surface area contributed by atoms with E-state index in [0.717, 1.165) is 16.9 Å². The van der Waals surface area contributed by atoms with Crippen LogP contribution in [-0.2, 0) is 0 Å². The zero-order valence-electron chi connectivity index (χ0n) is 11.2. The van der Waals surface area contributed by atoms with Crippen molar-refractivity contribution in [1.29, 1.82) is 0 Å². The van der Waals surface area contributed by atoms with Gasteiger partial charge in [0.15, 0.2) is 0 Å². The van der Waals surface area contributed by atoms with Gasteiger partial charge in [-0.15, -0.1) is 0 Å². The lowest BCUT2D eigenvalue weighted by atomic mass is 9.93. The van der Waals surface area contributed by atoms with Crippen molar-refractivity contribution < 1.29 is 13.9 Å². The van der Waals surface area contributed by atoms with E-state index >= 15 is 0 Å². The number of halogens is 1. The SMILES string of the molecule is COc1ccc(C2C[C@H](N)c3cc(F)ccc3O2)cc1. The van der Waals surface area contributed by atoms with Crippen molar-refractivity contribution in [2.24, 2.45) is 5.73 Å². The monoisotopic (exact) mass is 273 g/mol. The first-order valence-corrected chi connectivity index (χ1v) is 6.53. The van der Waals surface area contributed by atoms with Crippen LogP contribution in [0.3, 0.4) is 0 Å². The van der Waals surface area contributed by atoms with Crippen molar-refractivity contribution in [3.8, 4) is 11.5 Å². The molecule has 4 heteroatoms. The Morgan fingerprint density at radius 2 is 1.95 bits per heavy atom. The van der Waals surface area contributed by atoms with Crippen LogP contribution in [0.25, 0.3) is 0 Å². The Kier molecular flexibility index (Phi) is 3.32. The molecule has 3 rings (SSSR count). The van der Waals surface area contributed by atoms with E-state index in [9.17, 15) is 4.39 Å². The van der Waals surface area contributed by atoms with Crippen molar-refractivity contribution in [2.45, 2.75) is 18.6 Å². The molecular formula is C16H16FNO2. The molecule has 0 radical (unpaired) electrons. The number of hydrogen-bond acceptors (Lipinski definition) is 3. The fraction of sp³-hybridized carbons (Fsp3) is 0.250. The highest BCUT2D eigenvalue weighted by Gasteiger charge is 2.27. The van der Waals surface area contributed by atoms with Crippen LogP contribution in [0.15, 0.2) is 42.5 Å². The molecule has 0 saturated carbocycles. The highest BCUT2D eigenvalue weighted by atomic mass is 19.1. The quantitative estimate of drug-likeness (QED) is 0.912. The Bertz CT molecular complexity index is 612. The van der Waals surface area contributed by atoms with Crippen LogP contribution in [0, 0.1) is 5.82 Å². The van der Waals surface area contributed by atoms with Crippen molar-refractivity contribution in [3.63, 3.8) is 0 Å². The summed E-state index contributed by atoms with van der Waals surface area (Å²) in [6.07, 6.45) is 0.511. The van der Waals surface area contributed by atoms with Crippen LogP contribution in [0.2, 0.25) is 0 Å². The molecule has 0 saturated heterocycles. The third-order valence-electron chi connectivity index (χ3n) is 3.60. The molecule has 0 spiro atoms. The number of benzene rings is 2. The van der Waals surface area contributed by atoms with Crippen LogP contribution >= 0.6 is 0 Å². The van der Waals surface area contributed by atoms with Crippen LogP contribution < -0.4 is 15.2 Å². The summed E-state index contributed by atoms with van der Waals surface area (Å²) in [5, 5.41) is 0. The largest absolute Gasteiger partial charge is 0.497 e. The fourth-order valence-corrected chi connectivity index (χ4v) is 2.50. The summed E-state index contributed by atoms with van der Waals surface area (Å²) in [6, 6.07) is 12.0. The van der Waals surface area contributed by atoms with E-state index in [1.165, 1.54) is 12.1 Å². The topological polar surface area (TPSA) is 44.5 Å². The third-order valence-corrected chi connectivity index (χ3v) is 3.60. The van der Waals surface area contributed by atoms with E-state index in [1.807, 2.05) is 24.3 Å². The Morgan fingerprint density at radius 1 is 1.20 bits per heavy atom. The summed E-state index contributed by atoms with van der Waals surface area (Å²) in [7, 11) is 1.63. The summed E-state index contributed by atoms with van der Waals surface area (Å²) >= 11 is 0. The van der Waals surface area contributed by atoms with Crippen molar-refractivity contribution >= 4 is 0 Å². The number of fused-ring (bicyclic) bond motifs is 1. The Hall–Kier alpha value is -2.07. The predicted molar refractivity (Wildman–Crippen MR) is 74.3 cm³/mol. The Morgan fingerprint density at radius 3 is 2.65 bits per heavy atom. The van der Waals surface area contributed by atoms with Gasteiger partial charge < -0.3 is 15.2 Å². The zero-order valence-corrected chi connectivity index (χ0v) is 11.2. The second-order valence-electron chi connectivity index (χ2n) is 4.90. The summed E-state index contributed by atoms with van der Waals surface area (Å²) in [6.45, 7) is 0. The van der Waals surface area contributed by atoms with Gasteiger partial charge in [0.05, 0.1) is 7.11 Å². The van der Waals surface area contributed by atoms with Gasteiger partial charge in [-0.05, 0) is 35.9 Å². The van der Waals surface area contributed by atoms with E-state index in [1.54, 1.807) is 13.2 Å². The first-order valence-electron chi connectivity index (χ1n) is 6.53. The number of nitrogens with two attached hydrogens (primary N) is 1. The number of methoxy groups -OCH3 is 1. The Labute approximate surface area is 117 Å². The third kappa shape index (κ3) is 2.34. The lowest BCUT2D eigenvalue weighted by molar-refractivity contribution is 0.161. The molecule has 2 aromatic carbocycles. The number of rotatable bonds is 2. The Balaban J connectivity index is 1.88. The summed E-state index contributed by atoms with van der Waals surface area (Å²) in [5.41, 5.74) is 7.90. The highest BCUT2D eigenvalue weighted by molar-refractivity contribution is 5.40. The van der Waals surface area contributed by atoms with Crippen molar-refractivity contribution in [3.05, 3.63) is 59.4 Å². The lowest BCUT2D eigenvalue weighted by Crippen LogP contribution is -2.24. The van der Waals surface area contributed by atoms with Gasteiger partial charge >= 0.3 is 0 Å². The van der Waals surface area contributed by atoms with Crippen molar-refractivity contribution in [1.82, 2.24) is 0 Å². The molecule has 0 aromatic heterocycles. The number of hydrogen-bond donors (Lipinski definition) is 1. The summed E-state index contributed by atoms with van der Waals surface area (Å²) in [4.78, 5) is 0. The highest BCUT2D eigenvalue weighted by Crippen LogP contribution is 2.40. The maximum absolute atomic E-state index is 13.2. The van der Waals surface area contributed by atoms with E-state index in [4.69, 9.17) is 15.2 Å². The zero-order chi connectivity index (χ0) is 14.1. The van der Waals surface area contributed by atoms with E-state index in [2.05, 4.69) is 0 Å². The molecule has 3 nitrogen and oxygen atoms in total. The van der Waals surface area contributed by atoms with Gasteiger partial charge in [-0.2, -0.15) is 0 Å². The molecule has 1 aliphatic rings. The molecule has 0 fully saturated rings. The fourth-order valence-electron chi connectivity index (χ4n) is 2.50. The van der Waals surface area contributed by atoms with Crippen LogP contribution in [-0.4, -0.2) is 7.11 Å².